The first-order valence-corrected chi connectivity index (χ1v) is 22.1. The predicted octanol–water partition coefficient (Wildman–Crippen LogP) is 13.7. The summed E-state index contributed by atoms with van der Waals surface area (Å²) in [5.41, 5.74) is 16.1. The van der Waals surface area contributed by atoms with Crippen LogP contribution in [-0.4, -0.2) is 39.1 Å². The molecule has 0 aliphatic rings. The summed E-state index contributed by atoms with van der Waals surface area (Å²) < 4.78 is 8.69. The normalized spacial score (nSPS) is 11.6. The third-order valence-electron chi connectivity index (χ3n) is 12.7. The molecule has 0 unspecified atom stereocenters. The van der Waals surface area contributed by atoms with Crippen LogP contribution in [0.3, 0.4) is 0 Å². The lowest BCUT2D eigenvalue weighted by Crippen LogP contribution is -2.02. The maximum atomic E-state index is 4.85. The van der Waals surface area contributed by atoms with Gasteiger partial charge in [-0.2, -0.15) is 0 Å². The van der Waals surface area contributed by atoms with E-state index in [1.54, 1.807) is 0 Å². The number of aromatic nitrogens is 8. The van der Waals surface area contributed by atoms with Crippen LogP contribution in [0, 0.1) is 0 Å². The van der Waals surface area contributed by atoms with Gasteiger partial charge in [-0.05, 0) is 66.7 Å². The average molecular weight is 847 g/mol. The monoisotopic (exact) mass is 846 g/mol. The highest BCUT2D eigenvalue weighted by Gasteiger charge is 2.23. The van der Waals surface area contributed by atoms with Crippen molar-refractivity contribution in [3.63, 3.8) is 0 Å². The van der Waals surface area contributed by atoms with E-state index in [0.717, 1.165) is 95.2 Å². The van der Waals surface area contributed by atoms with Crippen molar-refractivity contribution in [3.05, 3.63) is 231 Å². The minimum absolute atomic E-state index is 0.818. The van der Waals surface area contributed by atoms with Crippen LogP contribution in [0.2, 0.25) is 0 Å². The zero-order valence-electron chi connectivity index (χ0n) is 35.5. The van der Waals surface area contributed by atoms with Gasteiger partial charge >= 0.3 is 0 Å². The summed E-state index contributed by atoms with van der Waals surface area (Å²) in [5.74, 6) is 0. The molecule has 9 aromatic carbocycles. The molecule has 0 saturated carbocycles. The molecular weight excluding hydrogens is 809 g/mol. The van der Waals surface area contributed by atoms with Crippen LogP contribution in [0.1, 0.15) is 0 Å². The van der Waals surface area contributed by atoms with E-state index < -0.39 is 0 Å². The van der Waals surface area contributed by atoms with Gasteiger partial charge in [0.1, 0.15) is 22.8 Å². The van der Waals surface area contributed by atoms with Gasteiger partial charge in [0.05, 0.1) is 33.4 Å². The van der Waals surface area contributed by atoms with Crippen LogP contribution < -0.4 is 0 Å². The van der Waals surface area contributed by atoms with Gasteiger partial charge in [0.25, 0.3) is 0 Å². The topological polar surface area (TPSA) is 71.3 Å². The maximum absolute atomic E-state index is 4.85. The van der Waals surface area contributed by atoms with Crippen LogP contribution in [0.5, 0.6) is 0 Å². The van der Waals surface area contributed by atoms with Crippen molar-refractivity contribution in [1.29, 1.82) is 0 Å². The molecule has 0 spiro atoms. The van der Waals surface area contributed by atoms with Crippen LogP contribution in [-0.2, 0) is 0 Å². The fourth-order valence-corrected chi connectivity index (χ4v) is 9.73. The smallest absolute Gasteiger partial charge is 0.121 e. The predicted molar refractivity (Wildman–Crippen MR) is 267 cm³/mol. The molecule has 66 heavy (non-hydrogen) atoms. The van der Waals surface area contributed by atoms with Crippen LogP contribution in [0.25, 0.3) is 111 Å². The fraction of sp³-hybridized carbons (Fsp3) is 0. The zero-order chi connectivity index (χ0) is 43.6. The second-order valence-corrected chi connectivity index (χ2v) is 16.5. The number of fused-ring (bicyclic) bond motifs is 6. The van der Waals surface area contributed by atoms with Crippen LogP contribution >= 0.6 is 0 Å². The molecule has 0 bridgehead atoms. The molecule has 0 aliphatic carbocycles. The average Bonchev–Trinajstić information content (AvgIpc) is 4.18. The lowest BCUT2D eigenvalue weighted by Gasteiger charge is -2.13. The largest absolute Gasteiger partial charge is 0.309 e. The fourth-order valence-electron chi connectivity index (χ4n) is 9.73. The molecule has 8 heteroatoms. The Hall–Kier alpha value is -9.14. The van der Waals surface area contributed by atoms with Gasteiger partial charge in [-0.25, -0.2) is 9.36 Å². The number of hydrogen-bond acceptors (Lipinski definition) is 4. The first kappa shape index (κ1) is 37.4. The quantitative estimate of drug-likeness (QED) is 0.153. The molecule has 0 aliphatic heterocycles. The van der Waals surface area contributed by atoms with Gasteiger partial charge in [-0.15, -0.1) is 10.2 Å². The zero-order valence-corrected chi connectivity index (χ0v) is 35.5. The van der Waals surface area contributed by atoms with E-state index in [4.69, 9.17) is 20.6 Å². The second-order valence-electron chi connectivity index (χ2n) is 16.5. The Labute approximate surface area is 379 Å². The van der Waals surface area contributed by atoms with E-state index in [0.29, 0.717) is 0 Å². The molecule has 0 atom stereocenters. The molecule has 0 amide bonds. The third kappa shape index (κ3) is 6.00. The van der Waals surface area contributed by atoms with Crippen molar-refractivity contribution in [2.75, 3.05) is 0 Å². The Bertz CT molecular complexity index is 3660. The third-order valence-corrected chi connectivity index (χ3v) is 12.7. The summed E-state index contributed by atoms with van der Waals surface area (Å²) in [6, 6.07) is 80.8. The van der Waals surface area contributed by atoms with Crippen molar-refractivity contribution in [3.8, 4) is 67.8 Å². The Balaban J connectivity index is 0.993. The molecule has 0 saturated heterocycles. The molecule has 13 rings (SSSR count). The van der Waals surface area contributed by atoms with E-state index >= 15 is 0 Å². The Morgan fingerprint density at radius 1 is 0.258 bits per heavy atom. The molecule has 13 aromatic rings. The van der Waals surface area contributed by atoms with Gasteiger partial charge in [-0.1, -0.05) is 174 Å². The number of para-hydroxylation sites is 3. The molecule has 0 radical (unpaired) electrons. The summed E-state index contributed by atoms with van der Waals surface area (Å²) in [5, 5.41) is 23.8. The number of hydrogen-bond donors (Lipinski definition) is 0. The Morgan fingerprint density at radius 3 is 1.21 bits per heavy atom. The Kier molecular flexibility index (Phi) is 8.67. The molecule has 4 aromatic heterocycles. The number of rotatable bonds is 8. The Morgan fingerprint density at radius 2 is 0.652 bits per heavy atom. The minimum atomic E-state index is 0.818. The van der Waals surface area contributed by atoms with Crippen molar-refractivity contribution in [1.82, 2.24) is 39.1 Å². The van der Waals surface area contributed by atoms with E-state index in [9.17, 15) is 0 Å². The highest BCUT2D eigenvalue weighted by atomic mass is 15.4. The lowest BCUT2D eigenvalue weighted by atomic mass is 10.0. The minimum Gasteiger partial charge on any atom is -0.309 e. The van der Waals surface area contributed by atoms with E-state index in [-0.39, 0.29) is 0 Å². The van der Waals surface area contributed by atoms with Crippen molar-refractivity contribution in [2.45, 2.75) is 0 Å². The van der Waals surface area contributed by atoms with Gasteiger partial charge in [-0.3, -0.25) is 0 Å². The molecule has 0 fully saturated rings. The molecule has 310 valence electrons. The van der Waals surface area contributed by atoms with Gasteiger partial charge < -0.3 is 9.13 Å². The number of benzene rings is 9. The molecular formula is C58H38N8. The summed E-state index contributed by atoms with van der Waals surface area (Å²) in [7, 11) is 0. The molecule has 8 nitrogen and oxygen atoms in total. The SMILES string of the molecule is c1ccc(-c2nnn(-c3cccc(-n4c5ccccc5c5cc6c(cc54)c4ccccc4n6-c4cccc(-c5nnn(-c6ccccc6)c5-c5ccccc5)c4)c3)c2-c2ccccc2)cc1. The second kappa shape index (κ2) is 15.3. The highest BCUT2D eigenvalue weighted by Crippen LogP contribution is 2.41. The van der Waals surface area contributed by atoms with E-state index in [1.807, 2.05) is 57.9 Å². The first-order valence-electron chi connectivity index (χ1n) is 22.1. The summed E-state index contributed by atoms with van der Waals surface area (Å²) in [4.78, 5) is 0. The first-order chi connectivity index (χ1) is 32.8. The maximum Gasteiger partial charge on any atom is 0.121 e. The van der Waals surface area contributed by atoms with Crippen LogP contribution in [0.4, 0.5) is 0 Å². The van der Waals surface area contributed by atoms with Gasteiger partial charge in [0, 0.05) is 55.2 Å². The van der Waals surface area contributed by atoms with Crippen molar-refractivity contribution >= 4 is 43.6 Å². The molecule has 4 heterocycles. The summed E-state index contributed by atoms with van der Waals surface area (Å²) in [6.07, 6.45) is 0. The van der Waals surface area contributed by atoms with Gasteiger partial charge in [0.15, 0.2) is 0 Å². The highest BCUT2D eigenvalue weighted by molar-refractivity contribution is 6.19. The molecule has 0 N–H and O–H groups in total. The summed E-state index contributed by atoms with van der Waals surface area (Å²) >= 11 is 0. The number of nitrogens with zero attached hydrogens (tertiary/aromatic N) is 8. The standard InChI is InChI=1S/C58H38N8/c1-5-19-39(20-6-1)55-57(40-21-7-2-8-22-40)66(62-59-55)46-30-18-29-45(36-46)64-52-34-16-14-32-48(52)50-37-53-49(38-54(50)64)47-31-13-15-33-51(47)63(53)44-28-17-25-42(35-44)56-58(41-23-9-3-10-24-41)65(61-60-56)43-26-11-4-12-27-43/h1-38H. The van der Waals surface area contributed by atoms with E-state index in [2.05, 4.69) is 191 Å². The van der Waals surface area contributed by atoms with Crippen LogP contribution in [0.15, 0.2) is 231 Å². The van der Waals surface area contributed by atoms with Crippen molar-refractivity contribution < 1.29 is 0 Å². The lowest BCUT2D eigenvalue weighted by molar-refractivity contribution is 0.808. The summed E-state index contributed by atoms with van der Waals surface area (Å²) in [6.45, 7) is 0. The van der Waals surface area contributed by atoms with Gasteiger partial charge in [0.2, 0.25) is 0 Å². The van der Waals surface area contributed by atoms with E-state index in [1.165, 1.54) is 16.2 Å². The van der Waals surface area contributed by atoms with Crippen molar-refractivity contribution in [2.24, 2.45) is 0 Å².